The lowest BCUT2D eigenvalue weighted by Crippen LogP contribution is -2.20. The molecule has 0 atom stereocenters. The molecule has 114 valence electrons. The number of anilines is 1. The van der Waals surface area contributed by atoms with Crippen LogP contribution in [0.1, 0.15) is 23.1 Å². The van der Waals surface area contributed by atoms with Crippen molar-refractivity contribution in [3.05, 3.63) is 58.1 Å². The number of nitrogens with one attached hydrogen (secondary N) is 1. The smallest absolute Gasteiger partial charge is 0.262 e. The molecule has 0 unspecified atom stereocenters. The van der Waals surface area contributed by atoms with E-state index in [4.69, 9.17) is 16.3 Å². The monoisotopic (exact) mass is 315 g/mol. The largest absolute Gasteiger partial charge is 0.484 e. The summed E-state index contributed by atoms with van der Waals surface area (Å²) in [6, 6.07) is 11.4. The zero-order valence-corrected chi connectivity index (χ0v) is 13.2. The van der Waals surface area contributed by atoms with Gasteiger partial charge in [0, 0.05) is 10.7 Å². The van der Waals surface area contributed by atoms with Crippen molar-refractivity contribution < 1.29 is 9.53 Å². The number of amides is 1. The van der Waals surface area contributed by atoms with E-state index in [2.05, 4.69) is 11.4 Å². The third kappa shape index (κ3) is 3.42. The van der Waals surface area contributed by atoms with Crippen LogP contribution in [0.25, 0.3) is 0 Å². The molecule has 2 aromatic carbocycles. The molecule has 3 nitrogen and oxygen atoms in total. The van der Waals surface area contributed by atoms with Gasteiger partial charge < -0.3 is 10.1 Å². The van der Waals surface area contributed by atoms with Crippen molar-refractivity contribution in [3.63, 3.8) is 0 Å². The normalized spacial score (nSPS) is 12.8. The van der Waals surface area contributed by atoms with E-state index >= 15 is 0 Å². The second kappa shape index (κ2) is 6.41. The molecule has 1 amide bonds. The molecule has 0 aliphatic heterocycles. The number of ether oxygens (including phenoxy) is 1. The van der Waals surface area contributed by atoms with Gasteiger partial charge in [0.2, 0.25) is 0 Å². The molecule has 1 aliphatic carbocycles. The zero-order valence-electron chi connectivity index (χ0n) is 12.5. The van der Waals surface area contributed by atoms with Crippen molar-refractivity contribution in [3.8, 4) is 5.75 Å². The zero-order chi connectivity index (χ0) is 15.5. The fraction of sp³-hybridized carbons (Fsp3) is 0.278. The average Bonchev–Trinajstić information content (AvgIpc) is 2.95. The van der Waals surface area contributed by atoms with E-state index in [1.807, 2.05) is 25.1 Å². The summed E-state index contributed by atoms with van der Waals surface area (Å²) in [6.45, 7) is 1.91. The van der Waals surface area contributed by atoms with Gasteiger partial charge in [-0.25, -0.2) is 0 Å². The first-order valence-corrected chi connectivity index (χ1v) is 7.80. The van der Waals surface area contributed by atoms with Gasteiger partial charge in [0.1, 0.15) is 5.75 Å². The number of hydrogen-bond acceptors (Lipinski definition) is 2. The van der Waals surface area contributed by atoms with E-state index in [-0.39, 0.29) is 12.5 Å². The highest BCUT2D eigenvalue weighted by Crippen LogP contribution is 2.26. The van der Waals surface area contributed by atoms with E-state index in [0.717, 1.165) is 29.8 Å². The van der Waals surface area contributed by atoms with Gasteiger partial charge >= 0.3 is 0 Å². The average molecular weight is 316 g/mol. The Labute approximate surface area is 135 Å². The summed E-state index contributed by atoms with van der Waals surface area (Å²) in [5.74, 6) is 0.578. The molecular formula is C18H18ClNO2. The van der Waals surface area contributed by atoms with Crippen LogP contribution in [0.5, 0.6) is 5.75 Å². The van der Waals surface area contributed by atoms with Gasteiger partial charge in [-0.2, -0.15) is 0 Å². The van der Waals surface area contributed by atoms with Crippen molar-refractivity contribution in [1.29, 1.82) is 0 Å². The number of benzene rings is 2. The molecule has 1 N–H and O–H groups in total. The Bertz CT molecular complexity index is 712. The fourth-order valence-electron chi connectivity index (χ4n) is 2.74. The Morgan fingerprint density at radius 2 is 2.00 bits per heavy atom. The molecule has 0 heterocycles. The minimum absolute atomic E-state index is 0.000846. The molecule has 0 aromatic heterocycles. The summed E-state index contributed by atoms with van der Waals surface area (Å²) in [4.78, 5) is 12.0. The topological polar surface area (TPSA) is 38.3 Å². The summed E-state index contributed by atoms with van der Waals surface area (Å²) in [5, 5.41) is 3.49. The summed E-state index contributed by atoms with van der Waals surface area (Å²) in [7, 11) is 0. The van der Waals surface area contributed by atoms with Crippen LogP contribution in [0.4, 0.5) is 5.69 Å². The van der Waals surface area contributed by atoms with Gasteiger partial charge in [-0.15, -0.1) is 0 Å². The molecule has 0 bridgehead atoms. The van der Waals surface area contributed by atoms with Gasteiger partial charge in [0.25, 0.3) is 5.91 Å². The van der Waals surface area contributed by atoms with Gasteiger partial charge in [0.05, 0.1) is 0 Å². The Kier molecular flexibility index (Phi) is 4.34. The number of fused-ring (bicyclic) bond motifs is 1. The van der Waals surface area contributed by atoms with Crippen LogP contribution in [0.3, 0.4) is 0 Å². The van der Waals surface area contributed by atoms with Crippen LogP contribution < -0.4 is 10.1 Å². The van der Waals surface area contributed by atoms with Gasteiger partial charge in [-0.1, -0.05) is 17.7 Å². The maximum Gasteiger partial charge on any atom is 0.262 e. The first-order valence-electron chi connectivity index (χ1n) is 7.42. The number of aryl methyl sites for hydroxylation is 3. The van der Waals surface area contributed by atoms with Gasteiger partial charge in [-0.05, 0) is 73.2 Å². The van der Waals surface area contributed by atoms with Gasteiger partial charge in [0.15, 0.2) is 6.61 Å². The Hall–Kier alpha value is -2.00. The molecular weight excluding hydrogens is 298 g/mol. The number of hydrogen-bond donors (Lipinski definition) is 1. The van der Waals surface area contributed by atoms with Gasteiger partial charge in [-0.3, -0.25) is 4.79 Å². The highest BCUT2D eigenvalue weighted by Gasteiger charge is 2.12. The maximum absolute atomic E-state index is 12.0. The predicted molar refractivity (Wildman–Crippen MR) is 88.8 cm³/mol. The fourth-order valence-corrected chi connectivity index (χ4v) is 2.97. The minimum Gasteiger partial charge on any atom is -0.484 e. The summed E-state index contributed by atoms with van der Waals surface area (Å²) >= 11 is 5.90. The number of carbonyl (C=O) groups excluding carboxylic acids is 1. The lowest BCUT2D eigenvalue weighted by molar-refractivity contribution is -0.118. The summed E-state index contributed by atoms with van der Waals surface area (Å²) in [5.41, 5.74) is 4.42. The third-order valence-electron chi connectivity index (χ3n) is 3.90. The lowest BCUT2D eigenvalue weighted by atomic mass is 10.1. The number of rotatable bonds is 4. The van der Waals surface area contributed by atoms with Crippen LogP contribution in [0.2, 0.25) is 5.02 Å². The van der Waals surface area contributed by atoms with E-state index in [0.29, 0.717) is 5.02 Å². The van der Waals surface area contributed by atoms with E-state index in [1.165, 1.54) is 17.5 Å². The van der Waals surface area contributed by atoms with E-state index in [1.54, 1.807) is 12.1 Å². The van der Waals surface area contributed by atoms with Crippen molar-refractivity contribution in [1.82, 2.24) is 0 Å². The van der Waals surface area contributed by atoms with Crippen LogP contribution in [-0.4, -0.2) is 12.5 Å². The Morgan fingerprint density at radius 1 is 1.18 bits per heavy atom. The van der Waals surface area contributed by atoms with E-state index < -0.39 is 0 Å². The molecule has 0 saturated heterocycles. The highest BCUT2D eigenvalue weighted by molar-refractivity contribution is 6.30. The standard InChI is InChI=1S/C18H18ClNO2/c1-12-9-15(19)6-8-17(12)20-18(21)11-22-16-7-5-13-3-2-4-14(13)10-16/h5-10H,2-4,11H2,1H3,(H,20,21). The Morgan fingerprint density at radius 3 is 2.82 bits per heavy atom. The second-order valence-corrected chi connectivity index (χ2v) is 6.02. The van der Waals surface area contributed by atoms with Crippen LogP contribution >= 0.6 is 11.6 Å². The van der Waals surface area contributed by atoms with Crippen molar-refractivity contribution in [2.45, 2.75) is 26.2 Å². The maximum atomic E-state index is 12.0. The lowest BCUT2D eigenvalue weighted by Gasteiger charge is -2.10. The van der Waals surface area contributed by atoms with Crippen LogP contribution in [0.15, 0.2) is 36.4 Å². The van der Waals surface area contributed by atoms with Crippen molar-refractivity contribution >= 4 is 23.2 Å². The summed E-state index contributed by atoms with van der Waals surface area (Å²) in [6.07, 6.45) is 3.45. The molecule has 0 radical (unpaired) electrons. The number of halogens is 1. The first-order chi connectivity index (χ1) is 10.6. The first kappa shape index (κ1) is 14.9. The molecule has 3 rings (SSSR count). The van der Waals surface area contributed by atoms with Crippen molar-refractivity contribution in [2.24, 2.45) is 0 Å². The molecule has 0 spiro atoms. The molecule has 0 saturated carbocycles. The third-order valence-corrected chi connectivity index (χ3v) is 4.14. The van der Waals surface area contributed by atoms with Crippen LogP contribution in [-0.2, 0) is 17.6 Å². The molecule has 0 fully saturated rings. The molecule has 22 heavy (non-hydrogen) atoms. The second-order valence-electron chi connectivity index (χ2n) is 5.58. The summed E-state index contributed by atoms with van der Waals surface area (Å²) < 4.78 is 5.59. The SMILES string of the molecule is Cc1cc(Cl)ccc1NC(=O)COc1ccc2c(c1)CCC2. The molecule has 2 aromatic rings. The Balaban J connectivity index is 1.58. The molecule has 1 aliphatic rings. The molecule has 4 heteroatoms. The highest BCUT2D eigenvalue weighted by atomic mass is 35.5. The van der Waals surface area contributed by atoms with E-state index in [9.17, 15) is 4.79 Å². The predicted octanol–water partition coefficient (Wildman–Crippen LogP) is 4.15. The minimum atomic E-state index is -0.175. The van der Waals surface area contributed by atoms with Crippen LogP contribution in [0, 0.1) is 6.92 Å². The van der Waals surface area contributed by atoms with Crippen molar-refractivity contribution in [2.75, 3.05) is 11.9 Å². The number of carbonyl (C=O) groups is 1. The quantitative estimate of drug-likeness (QED) is 0.920.